The second-order valence-electron chi connectivity index (χ2n) is 3.02. The third-order valence-electron chi connectivity index (χ3n) is 2.02. The Labute approximate surface area is 96.3 Å². The highest BCUT2D eigenvalue weighted by Gasteiger charge is 2.14. The smallest absolute Gasteiger partial charge is 0.204 e. The summed E-state index contributed by atoms with van der Waals surface area (Å²) in [4.78, 5) is 12.6. The average molecular weight is 238 g/mol. The predicted molar refractivity (Wildman–Crippen MR) is 63.6 cm³/mol. The number of rotatable bonds is 2. The minimum absolute atomic E-state index is 0.0812. The summed E-state index contributed by atoms with van der Waals surface area (Å²) in [7, 11) is 0. The lowest BCUT2D eigenvalue weighted by molar-refractivity contribution is 0.104. The number of nitrogens with two attached hydrogens (primary N) is 1. The molecule has 0 saturated carbocycles. The van der Waals surface area contributed by atoms with Crippen molar-refractivity contribution >= 4 is 34.4 Å². The number of hydrogen-bond donors (Lipinski definition) is 1. The van der Waals surface area contributed by atoms with Gasteiger partial charge in [0.2, 0.25) is 5.78 Å². The third kappa shape index (κ3) is 1.89. The van der Waals surface area contributed by atoms with Gasteiger partial charge in [-0.1, -0.05) is 23.7 Å². The number of benzene rings is 1. The molecule has 4 heteroatoms. The van der Waals surface area contributed by atoms with Gasteiger partial charge < -0.3 is 5.73 Å². The van der Waals surface area contributed by atoms with Crippen LogP contribution in [0.5, 0.6) is 0 Å². The second kappa shape index (κ2) is 4.04. The molecule has 1 heterocycles. The highest BCUT2D eigenvalue weighted by Crippen LogP contribution is 2.26. The van der Waals surface area contributed by atoms with Gasteiger partial charge >= 0.3 is 0 Å². The van der Waals surface area contributed by atoms with Crippen LogP contribution in [0.4, 0.5) is 5.69 Å². The van der Waals surface area contributed by atoms with E-state index in [1.807, 2.05) is 11.4 Å². The first-order valence-corrected chi connectivity index (χ1v) is 5.58. The summed E-state index contributed by atoms with van der Waals surface area (Å²) >= 11 is 7.36. The predicted octanol–water partition coefficient (Wildman–Crippen LogP) is 3.21. The molecule has 2 rings (SSSR count). The molecule has 0 saturated heterocycles. The molecule has 0 spiro atoms. The van der Waals surface area contributed by atoms with Crippen LogP contribution in [-0.2, 0) is 0 Å². The zero-order chi connectivity index (χ0) is 10.8. The Balaban J connectivity index is 2.47. The molecular formula is C11H8ClNOS. The number of hydrogen-bond acceptors (Lipinski definition) is 3. The van der Waals surface area contributed by atoms with Crippen LogP contribution in [0.25, 0.3) is 0 Å². The molecule has 2 aromatic rings. The van der Waals surface area contributed by atoms with E-state index in [2.05, 4.69) is 0 Å². The number of ketones is 1. The Morgan fingerprint density at radius 2 is 2.07 bits per heavy atom. The van der Waals surface area contributed by atoms with E-state index in [9.17, 15) is 4.79 Å². The molecule has 0 aliphatic heterocycles. The molecule has 0 unspecified atom stereocenters. The summed E-state index contributed by atoms with van der Waals surface area (Å²) < 4.78 is 0. The normalized spacial score (nSPS) is 10.2. The average Bonchev–Trinajstić information content (AvgIpc) is 2.74. The van der Waals surface area contributed by atoms with Crippen molar-refractivity contribution in [1.29, 1.82) is 0 Å². The number of thiophene rings is 1. The maximum atomic E-state index is 12.0. The highest BCUT2D eigenvalue weighted by atomic mass is 35.5. The topological polar surface area (TPSA) is 43.1 Å². The lowest BCUT2D eigenvalue weighted by atomic mass is 10.1. The molecule has 0 radical (unpaired) electrons. The first-order chi connectivity index (χ1) is 7.20. The van der Waals surface area contributed by atoms with E-state index < -0.39 is 0 Å². The Morgan fingerprint density at radius 3 is 2.73 bits per heavy atom. The molecule has 1 aromatic heterocycles. The molecule has 2 N–H and O–H groups in total. The summed E-state index contributed by atoms with van der Waals surface area (Å²) in [6.07, 6.45) is 0. The molecule has 0 amide bonds. The monoisotopic (exact) mass is 237 g/mol. The molecule has 0 aliphatic rings. The van der Waals surface area contributed by atoms with Crippen molar-refractivity contribution in [2.45, 2.75) is 0 Å². The molecular weight excluding hydrogens is 230 g/mol. The summed E-state index contributed by atoms with van der Waals surface area (Å²) in [5, 5.41) is 2.18. The van der Waals surface area contributed by atoms with Crippen molar-refractivity contribution in [3.63, 3.8) is 0 Å². The van der Waals surface area contributed by atoms with E-state index >= 15 is 0 Å². The van der Waals surface area contributed by atoms with E-state index in [4.69, 9.17) is 17.3 Å². The van der Waals surface area contributed by atoms with Crippen molar-refractivity contribution in [3.8, 4) is 0 Å². The first kappa shape index (κ1) is 10.2. The van der Waals surface area contributed by atoms with Gasteiger partial charge in [-0.3, -0.25) is 4.79 Å². The SMILES string of the molecule is Nc1cccc(C(=O)c2cccs2)c1Cl. The molecule has 76 valence electrons. The number of anilines is 1. The van der Waals surface area contributed by atoms with Gasteiger partial charge in [-0.15, -0.1) is 11.3 Å². The van der Waals surface area contributed by atoms with E-state index in [1.165, 1.54) is 11.3 Å². The van der Waals surface area contributed by atoms with Crippen molar-refractivity contribution < 1.29 is 4.79 Å². The minimum atomic E-state index is -0.0812. The van der Waals surface area contributed by atoms with Crippen LogP contribution in [-0.4, -0.2) is 5.78 Å². The van der Waals surface area contributed by atoms with Gasteiger partial charge in [0.15, 0.2) is 0 Å². The van der Waals surface area contributed by atoms with Gasteiger partial charge in [-0.25, -0.2) is 0 Å². The molecule has 0 aliphatic carbocycles. The molecule has 0 bridgehead atoms. The number of nitrogen functional groups attached to an aromatic ring is 1. The maximum Gasteiger partial charge on any atom is 0.204 e. The van der Waals surface area contributed by atoms with Gasteiger partial charge in [-0.05, 0) is 23.6 Å². The Hall–Kier alpha value is -1.32. The van der Waals surface area contributed by atoms with Gasteiger partial charge in [-0.2, -0.15) is 0 Å². The highest BCUT2D eigenvalue weighted by molar-refractivity contribution is 7.12. The van der Waals surface area contributed by atoms with Crippen molar-refractivity contribution in [2.24, 2.45) is 0 Å². The Kier molecular flexibility index (Phi) is 2.75. The fraction of sp³-hybridized carbons (Fsp3) is 0. The van der Waals surface area contributed by atoms with Gasteiger partial charge in [0.05, 0.1) is 15.6 Å². The van der Waals surface area contributed by atoms with E-state index in [-0.39, 0.29) is 5.78 Å². The summed E-state index contributed by atoms with van der Waals surface area (Å²) in [6, 6.07) is 8.68. The van der Waals surface area contributed by atoms with Crippen LogP contribution in [0.1, 0.15) is 15.2 Å². The number of carbonyl (C=O) groups is 1. The van der Waals surface area contributed by atoms with Crippen LogP contribution in [0.2, 0.25) is 5.02 Å². The van der Waals surface area contributed by atoms with Crippen LogP contribution in [0, 0.1) is 0 Å². The fourth-order valence-electron chi connectivity index (χ4n) is 1.27. The number of carbonyl (C=O) groups excluding carboxylic acids is 1. The van der Waals surface area contributed by atoms with E-state index in [0.29, 0.717) is 21.2 Å². The second-order valence-corrected chi connectivity index (χ2v) is 4.34. The Morgan fingerprint density at radius 1 is 1.27 bits per heavy atom. The standard InChI is InChI=1S/C11H8ClNOS/c12-10-7(3-1-4-8(10)13)11(14)9-5-2-6-15-9/h1-6H,13H2. The van der Waals surface area contributed by atoms with Gasteiger partial charge in [0.1, 0.15) is 0 Å². The Bertz CT molecular complexity index is 493. The number of halogens is 1. The molecule has 0 fully saturated rings. The van der Waals surface area contributed by atoms with Crippen molar-refractivity contribution in [2.75, 3.05) is 5.73 Å². The summed E-state index contributed by atoms with van der Waals surface area (Å²) in [5.41, 5.74) is 6.52. The van der Waals surface area contributed by atoms with E-state index in [1.54, 1.807) is 24.3 Å². The van der Waals surface area contributed by atoms with Crippen LogP contribution in [0.3, 0.4) is 0 Å². The fourth-order valence-corrected chi connectivity index (χ4v) is 2.16. The van der Waals surface area contributed by atoms with E-state index in [0.717, 1.165) is 0 Å². The molecule has 2 nitrogen and oxygen atoms in total. The first-order valence-electron chi connectivity index (χ1n) is 4.32. The van der Waals surface area contributed by atoms with Crippen LogP contribution < -0.4 is 5.73 Å². The largest absolute Gasteiger partial charge is 0.398 e. The summed E-state index contributed by atoms with van der Waals surface area (Å²) in [5.74, 6) is -0.0812. The third-order valence-corrected chi connectivity index (χ3v) is 3.31. The lowest BCUT2D eigenvalue weighted by Gasteiger charge is -2.03. The lowest BCUT2D eigenvalue weighted by Crippen LogP contribution is -2.01. The van der Waals surface area contributed by atoms with Crippen LogP contribution >= 0.6 is 22.9 Å². The van der Waals surface area contributed by atoms with Crippen molar-refractivity contribution in [3.05, 3.63) is 51.2 Å². The quantitative estimate of drug-likeness (QED) is 0.644. The van der Waals surface area contributed by atoms with Gasteiger partial charge in [0.25, 0.3) is 0 Å². The molecule has 1 aromatic carbocycles. The van der Waals surface area contributed by atoms with Crippen molar-refractivity contribution in [1.82, 2.24) is 0 Å². The minimum Gasteiger partial charge on any atom is -0.398 e. The van der Waals surface area contributed by atoms with Gasteiger partial charge in [0, 0.05) is 5.56 Å². The molecule has 0 atom stereocenters. The van der Waals surface area contributed by atoms with Crippen LogP contribution in [0.15, 0.2) is 35.7 Å². The zero-order valence-corrected chi connectivity index (χ0v) is 9.31. The maximum absolute atomic E-state index is 12.0. The molecule has 15 heavy (non-hydrogen) atoms. The summed E-state index contributed by atoms with van der Waals surface area (Å²) in [6.45, 7) is 0. The zero-order valence-electron chi connectivity index (χ0n) is 7.74.